The molecule has 0 aliphatic rings. The Morgan fingerprint density at radius 3 is 2.86 bits per heavy atom. The van der Waals surface area contributed by atoms with Gasteiger partial charge in [-0.05, 0) is 22.0 Å². The van der Waals surface area contributed by atoms with Crippen LogP contribution in [-0.2, 0) is 0 Å². The molecular weight excluding hydrogens is 250 g/mol. The van der Waals surface area contributed by atoms with Gasteiger partial charge in [-0.15, -0.1) is 0 Å². The molecule has 5 heteroatoms. The third-order valence-electron chi connectivity index (χ3n) is 1.48. The maximum Gasteiger partial charge on any atom is 0.270 e. The highest BCUT2D eigenvalue weighted by Gasteiger charge is 2.09. The maximum atomic E-state index is 10.4. The Morgan fingerprint density at radius 1 is 1.64 bits per heavy atom. The van der Waals surface area contributed by atoms with E-state index in [4.69, 9.17) is 4.74 Å². The molecule has 4 nitrogen and oxygen atoms in total. The Labute approximate surface area is 89.5 Å². The van der Waals surface area contributed by atoms with E-state index in [1.807, 2.05) is 0 Å². The molecule has 0 unspecified atom stereocenters. The molecule has 0 saturated heterocycles. The molecular formula is C9H8BrNO3. The Bertz CT molecular complexity index is 365. The van der Waals surface area contributed by atoms with Crippen molar-refractivity contribution >= 4 is 21.6 Å². The van der Waals surface area contributed by atoms with Gasteiger partial charge in [0.2, 0.25) is 0 Å². The highest BCUT2D eigenvalue weighted by atomic mass is 79.9. The van der Waals surface area contributed by atoms with Crippen LogP contribution in [-0.4, -0.2) is 11.5 Å². The molecule has 0 fully saturated rings. The fourth-order valence-electron chi connectivity index (χ4n) is 0.869. The predicted octanol–water partition coefficient (Wildman–Crippen LogP) is 2.92. The Morgan fingerprint density at radius 2 is 2.36 bits per heavy atom. The van der Waals surface area contributed by atoms with Gasteiger partial charge in [0.05, 0.1) is 9.40 Å². The van der Waals surface area contributed by atoms with Gasteiger partial charge in [0.15, 0.2) is 0 Å². The van der Waals surface area contributed by atoms with Crippen LogP contribution in [0.25, 0.3) is 0 Å². The number of benzene rings is 1. The van der Waals surface area contributed by atoms with Crippen molar-refractivity contribution in [3.05, 3.63) is 45.4 Å². The van der Waals surface area contributed by atoms with Crippen LogP contribution in [0.5, 0.6) is 5.75 Å². The van der Waals surface area contributed by atoms with Crippen molar-refractivity contribution in [2.24, 2.45) is 0 Å². The molecule has 0 N–H and O–H groups in total. The molecule has 0 aliphatic heterocycles. The number of halogens is 1. The van der Waals surface area contributed by atoms with Gasteiger partial charge in [-0.1, -0.05) is 12.7 Å². The number of nitrogens with zero attached hydrogens (tertiary/aromatic N) is 1. The summed E-state index contributed by atoms with van der Waals surface area (Å²) in [5.74, 6) is 0.565. The standard InChI is InChI=1S/C9H8BrNO3/c1-2-5-14-9-4-3-7(11(12)13)6-8(9)10/h2-4,6H,1,5H2. The van der Waals surface area contributed by atoms with E-state index in [1.165, 1.54) is 12.1 Å². The number of nitro groups is 1. The van der Waals surface area contributed by atoms with Crippen molar-refractivity contribution in [3.8, 4) is 5.75 Å². The van der Waals surface area contributed by atoms with E-state index in [0.29, 0.717) is 16.8 Å². The van der Waals surface area contributed by atoms with Crippen LogP contribution in [0.1, 0.15) is 0 Å². The number of hydrogen-bond donors (Lipinski definition) is 0. The lowest BCUT2D eigenvalue weighted by atomic mass is 10.3. The zero-order valence-corrected chi connectivity index (χ0v) is 8.86. The quantitative estimate of drug-likeness (QED) is 0.474. The highest BCUT2D eigenvalue weighted by molar-refractivity contribution is 9.10. The molecule has 0 heterocycles. The van der Waals surface area contributed by atoms with Crippen molar-refractivity contribution in [1.29, 1.82) is 0 Å². The first-order chi connectivity index (χ1) is 6.65. The summed E-state index contributed by atoms with van der Waals surface area (Å²) in [4.78, 5) is 9.95. The minimum atomic E-state index is -0.456. The van der Waals surface area contributed by atoms with E-state index in [-0.39, 0.29) is 5.69 Å². The van der Waals surface area contributed by atoms with Crippen LogP contribution < -0.4 is 4.74 Å². The summed E-state index contributed by atoms with van der Waals surface area (Å²) in [7, 11) is 0. The fraction of sp³-hybridized carbons (Fsp3) is 0.111. The van der Waals surface area contributed by atoms with E-state index in [9.17, 15) is 10.1 Å². The summed E-state index contributed by atoms with van der Waals surface area (Å²) in [5.41, 5.74) is 0.0304. The Hall–Kier alpha value is -1.36. The molecule has 0 aliphatic carbocycles. The third kappa shape index (κ3) is 2.56. The number of ether oxygens (including phenoxy) is 1. The molecule has 0 radical (unpaired) electrons. The molecule has 0 saturated carbocycles. The normalized spacial score (nSPS) is 9.50. The van der Waals surface area contributed by atoms with Gasteiger partial charge in [0.25, 0.3) is 5.69 Å². The molecule has 1 rings (SSSR count). The minimum absolute atomic E-state index is 0.0304. The van der Waals surface area contributed by atoms with E-state index in [0.717, 1.165) is 0 Å². The number of nitro benzene ring substituents is 1. The summed E-state index contributed by atoms with van der Waals surface area (Å²) in [5, 5.41) is 10.4. The van der Waals surface area contributed by atoms with Gasteiger partial charge < -0.3 is 4.74 Å². The van der Waals surface area contributed by atoms with Crippen molar-refractivity contribution in [2.45, 2.75) is 0 Å². The summed E-state index contributed by atoms with van der Waals surface area (Å²) < 4.78 is 5.80. The molecule has 0 spiro atoms. The Balaban J connectivity index is 2.89. The summed E-state index contributed by atoms with van der Waals surface area (Å²) >= 11 is 3.18. The molecule has 1 aromatic rings. The Kier molecular flexibility index (Phi) is 3.64. The van der Waals surface area contributed by atoms with E-state index in [2.05, 4.69) is 22.5 Å². The second kappa shape index (κ2) is 4.76. The summed E-state index contributed by atoms with van der Waals surface area (Å²) in [6.45, 7) is 3.87. The minimum Gasteiger partial charge on any atom is -0.488 e. The molecule has 0 aromatic heterocycles. The van der Waals surface area contributed by atoms with Crippen molar-refractivity contribution in [1.82, 2.24) is 0 Å². The van der Waals surface area contributed by atoms with Gasteiger partial charge in [-0.3, -0.25) is 10.1 Å². The molecule has 0 bridgehead atoms. The monoisotopic (exact) mass is 257 g/mol. The first kappa shape index (κ1) is 10.7. The lowest BCUT2D eigenvalue weighted by Crippen LogP contribution is -1.94. The smallest absolute Gasteiger partial charge is 0.270 e. The zero-order chi connectivity index (χ0) is 10.6. The fourth-order valence-corrected chi connectivity index (χ4v) is 1.35. The van der Waals surface area contributed by atoms with Crippen LogP contribution in [0, 0.1) is 10.1 Å². The van der Waals surface area contributed by atoms with Gasteiger partial charge in [0.1, 0.15) is 12.4 Å². The van der Waals surface area contributed by atoms with Crippen LogP contribution in [0.3, 0.4) is 0 Å². The second-order valence-corrected chi connectivity index (χ2v) is 3.33. The number of hydrogen-bond acceptors (Lipinski definition) is 3. The number of non-ortho nitro benzene ring substituents is 1. The molecule has 74 valence electrons. The topological polar surface area (TPSA) is 52.4 Å². The summed E-state index contributed by atoms with van der Waals surface area (Å²) in [6, 6.07) is 4.34. The van der Waals surface area contributed by atoms with E-state index in [1.54, 1.807) is 12.1 Å². The van der Waals surface area contributed by atoms with Gasteiger partial charge in [0, 0.05) is 12.1 Å². The van der Waals surface area contributed by atoms with Gasteiger partial charge in [-0.2, -0.15) is 0 Å². The largest absolute Gasteiger partial charge is 0.488 e. The van der Waals surface area contributed by atoms with Crippen molar-refractivity contribution in [3.63, 3.8) is 0 Å². The summed E-state index contributed by atoms with van der Waals surface area (Å²) in [6.07, 6.45) is 1.61. The highest BCUT2D eigenvalue weighted by Crippen LogP contribution is 2.28. The van der Waals surface area contributed by atoms with E-state index < -0.39 is 4.92 Å². The van der Waals surface area contributed by atoms with Crippen LogP contribution in [0.15, 0.2) is 35.3 Å². The lowest BCUT2D eigenvalue weighted by Gasteiger charge is -2.04. The zero-order valence-electron chi connectivity index (χ0n) is 7.27. The molecule has 0 amide bonds. The molecule has 14 heavy (non-hydrogen) atoms. The van der Waals surface area contributed by atoms with Crippen LogP contribution in [0.4, 0.5) is 5.69 Å². The first-order valence-electron chi connectivity index (χ1n) is 3.83. The average Bonchev–Trinajstić information content (AvgIpc) is 2.15. The van der Waals surface area contributed by atoms with Gasteiger partial charge in [-0.25, -0.2) is 0 Å². The average molecular weight is 258 g/mol. The van der Waals surface area contributed by atoms with Crippen LogP contribution in [0.2, 0.25) is 0 Å². The van der Waals surface area contributed by atoms with Crippen LogP contribution >= 0.6 is 15.9 Å². The second-order valence-electron chi connectivity index (χ2n) is 2.47. The maximum absolute atomic E-state index is 10.4. The van der Waals surface area contributed by atoms with E-state index >= 15 is 0 Å². The SMILES string of the molecule is C=CCOc1ccc([N+](=O)[O-])cc1Br. The van der Waals surface area contributed by atoms with Gasteiger partial charge >= 0.3 is 0 Å². The predicted molar refractivity (Wildman–Crippen MR) is 56.5 cm³/mol. The lowest BCUT2D eigenvalue weighted by molar-refractivity contribution is -0.384. The molecule has 0 atom stereocenters. The first-order valence-corrected chi connectivity index (χ1v) is 4.62. The molecule has 1 aromatic carbocycles. The van der Waals surface area contributed by atoms with Crippen molar-refractivity contribution in [2.75, 3.05) is 6.61 Å². The number of rotatable bonds is 4. The third-order valence-corrected chi connectivity index (χ3v) is 2.10. The van der Waals surface area contributed by atoms with Crippen molar-refractivity contribution < 1.29 is 9.66 Å².